The summed E-state index contributed by atoms with van der Waals surface area (Å²) in [4.78, 5) is 20.3. The van der Waals surface area contributed by atoms with E-state index < -0.39 is 5.60 Å². The molecular weight excluding hydrogens is 230 g/mol. The zero-order valence-corrected chi connectivity index (χ0v) is 11.1. The Morgan fingerprint density at radius 1 is 1.50 bits per heavy atom. The molecular formula is C13H19N3O2. The van der Waals surface area contributed by atoms with Crippen LogP contribution in [0.3, 0.4) is 0 Å². The number of carbonyl (C=O) groups is 1. The Morgan fingerprint density at radius 3 is 2.67 bits per heavy atom. The summed E-state index contributed by atoms with van der Waals surface area (Å²) < 4.78 is 5.34. The molecule has 1 aliphatic rings. The molecule has 5 heteroatoms. The van der Waals surface area contributed by atoms with Gasteiger partial charge in [-0.25, -0.2) is 9.97 Å². The number of nitrogens with zero attached hydrogens (tertiary/aromatic N) is 2. The molecule has 2 N–H and O–H groups in total. The lowest BCUT2D eigenvalue weighted by molar-refractivity contribution is -0.155. The third-order valence-electron chi connectivity index (χ3n) is 2.91. The molecule has 1 aliphatic carbocycles. The van der Waals surface area contributed by atoms with E-state index in [9.17, 15) is 4.79 Å². The van der Waals surface area contributed by atoms with Crippen LogP contribution in [-0.4, -0.2) is 21.5 Å². The van der Waals surface area contributed by atoms with E-state index in [-0.39, 0.29) is 11.4 Å². The van der Waals surface area contributed by atoms with E-state index in [2.05, 4.69) is 9.97 Å². The SMILES string of the molecule is CC(C)(C)OC(=O)CC1(c2nccc(N)n2)CC1. The van der Waals surface area contributed by atoms with Gasteiger partial charge in [0.25, 0.3) is 0 Å². The van der Waals surface area contributed by atoms with E-state index in [1.165, 1.54) is 0 Å². The van der Waals surface area contributed by atoms with Crippen molar-refractivity contribution in [3.8, 4) is 0 Å². The summed E-state index contributed by atoms with van der Waals surface area (Å²) in [6.45, 7) is 5.59. The van der Waals surface area contributed by atoms with Crippen LogP contribution in [0.5, 0.6) is 0 Å². The second-order valence-corrected chi connectivity index (χ2v) is 5.85. The lowest BCUT2D eigenvalue weighted by Crippen LogP contribution is -2.27. The highest BCUT2D eigenvalue weighted by molar-refractivity contribution is 5.72. The molecule has 0 aromatic carbocycles. The average Bonchev–Trinajstić information content (AvgIpc) is 2.95. The van der Waals surface area contributed by atoms with Crippen molar-refractivity contribution in [2.24, 2.45) is 0 Å². The molecule has 18 heavy (non-hydrogen) atoms. The first-order valence-corrected chi connectivity index (χ1v) is 6.12. The van der Waals surface area contributed by atoms with Gasteiger partial charge in [0.1, 0.15) is 17.2 Å². The van der Waals surface area contributed by atoms with Gasteiger partial charge >= 0.3 is 5.97 Å². The minimum atomic E-state index is -0.455. The Labute approximate surface area is 107 Å². The predicted molar refractivity (Wildman–Crippen MR) is 67.8 cm³/mol. The summed E-state index contributed by atoms with van der Waals surface area (Å²) in [6, 6.07) is 1.65. The molecule has 0 saturated heterocycles. The van der Waals surface area contributed by atoms with E-state index in [0.717, 1.165) is 12.8 Å². The minimum Gasteiger partial charge on any atom is -0.460 e. The molecule has 0 spiro atoms. The van der Waals surface area contributed by atoms with Gasteiger partial charge in [0.2, 0.25) is 0 Å². The molecule has 98 valence electrons. The standard InChI is InChI=1S/C13H19N3O2/c1-12(2,3)18-10(17)8-13(5-6-13)11-15-7-4-9(14)16-11/h4,7H,5-6,8H2,1-3H3,(H2,14,15,16). The number of hydrogen-bond acceptors (Lipinski definition) is 5. The second kappa shape index (κ2) is 4.23. The molecule has 2 rings (SSSR count). The fraction of sp³-hybridized carbons (Fsp3) is 0.615. The number of rotatable bonds is 3. The van der Waals surface area contributed by atoms with Crippen LogP contribution in [0, 0.1) is 0 Å². The molecule has 0 atom stereocenters. The van der Waals surface area contributed by atoms with Crippen molar-refractivity contribution in [3.63, 3.8) is 0 Å². The van der Waals surface area contributed by atoms with E-state index in [1.54, 1.807) is 12.3 Å². The number of carbonyl (C=O) groups excluding carboxylic acids is 1. The van der Waals surface area contributed by atoms with Crippen molar-refractivity contribution in [1.82, 2.24) is 9.97 Å². The minimum absolute atomic E-state index is 0.203. The van der Waals surface area contributed by atoms with Gasteiger partial charge in [-0.05, 0) is 39.7 Å². The van der Waals surface area contributed by atoms with Gasteiger partial charge in [-0.1, -0.05) is 0 Å². The number of ether oxygens (including phenoxy) is 1. The lowest BCUT2D eigenvalue weighted by atomic mass is 10.0. The fourth-order valence-electron chi connectivity index (χ4n) is 1.91. The first-order chi connectivity index (χ1) is 8.31. The first kappa shape index (κ1) is 12.8. The Kier molecular flexibility index (Phi) is 3.00. The van der Waals surface area contributed by atoms with E-state index in [1.807, 2.05) is 20.8 Å². The van der Waals surface area contributed by atoms with E-state index in [0.29, 0.717) is 18.1 Å². The topological polar surface area (TPSA) is 78.1 Å². The second-order valence-electron chi connectivity index (χ2n) is 5.85. The van der Waals surface area contributed by atoms with Crippen molar-refractivity contribution in [2.45, 2.75) is 51.0 Å². The van der Waals surface area contributed by atoms with Crippen molar-refractivity contribution >= 4 is 11.8 Å². The third kappa shape index (κ3) is 2.97. The van der Waals surface area contributed by atoms with Gasteiger partial charge in [0.05, 0.1) is 6.42 Å². The Balaban J connectivity index is 2.07. The number of aromatic nitrogens is 2. The maximum Gasteiger partial charge on any atom is 0.307 e. The molecule has 0 amide bonds. The number of nitrogen functional groups attached to an aromatic ring is 1. The first-order valence-electron chi connectivity index (χ1n) is 6.12. The van der Waals surface area contributed by atoms with E-state index >= 15 is 0 Å². The number of nitrogens with two attached hydrogens (primary N) is 1. The molecule has 1 heterocycles. The maximum absolute atomic E-state index is 11.9. The van der Waals surface area contributed by atoms with Crippen LogP contribution in [0.4, 0.5) is 5.82 Å². The molecule has 1 fully saturated rings. The largest absolute Gasteiger partial charge is 0.460 e. The number of hydrogen-bond donors (Lipinski definition) is 1. The number of anilines is 1. The fourth-order valence-corrected chi connectivity index (χ4v) is 1.91. The Hall–Kier alpha value is -1.65. The van der Waals surface area contributed by atoms with Gasteiger partial charge in [0.15, 0.2) is 0 Å². The molecule has 1 aromatic rings. The van der Waals surface area contributed by atoms with Gasteiger partial charge < -0.3 is 10.5 Å². The van der Waals surface area contributed by atoms with Gasteiger partial charge in [-0.15, -0.1) is 0 Å². The smallest absolute Gasteiger partial charge is 0.307 e. The molecule has 5 nitrogen and oxygen atoms in total. The summed E-state index contributed by atoms with van der Waals surface area (Å²) in [5, 5.41) is 0. The quantitative estimate of drug-likeness (QED) is 0.827. The molecule has 0 unspecified atom stereocenters. The molecule has 1 aromatic heterocycles. The highest BCUT2D eigenvalue weighted by Crippen LogP contribution is 2.49. The van der Waals surface area contributed by atoms with Crippen molar-refractivity contribution in [2.75, 3.05) is 5.73 Å². The van der Waals surface area contributed by atoms with Crippen LogP contribution in [0.25, 0.3) is 0 Å². The van der Waals surface area contributed by atoms with E-state index in [4.69, 9.17) is 10.5 Å². The molecule has 0 aliphatic heterocycles. The van der Waals surface area contributed by atoms with Crippen LogP contribution in [-0.2, 0) is 14.9 Å². The highest BCUT2D eigenvalue weighted by Gasteiger charge is 2.49. The third-order valence-corrected chi connectivity index (χ3v) is 2.91. The summed E-state index contributed by atoms with van der Waals surface area (Å²) in [5.74, 6) is 0.898. The summed E-state index contributed by atoms with van der Waals surface area (Å²) in [7, 11) is 0. The number of esters is 1. The van der Waals surface area contributed by atoms with Crippen molar-refractivity contribution in [3.05, 3.63) is 18.1 Å². The van der Waals surface area contributed by atoms with Crippen molar-refractivity contribution in [1.29, 1.82) is 0 Å². The van der Waals surface area contributed by atoms with Gasteiger partial charge in [0, 0.05) is 11.6 Å². The normalized spacial score (nSPS) is 17.3. The van der Waals surface area contributed by atoms with Crippen LogP contribution in [0.2, 0.25) is 0 Å². The van der Waals surface area contributed by atoms with Gasteiger partial charge in [-0.3, -0.25) is 4.79 Å². The summed E-state index contributed by atoms with van der Waals surface area (Å²) >= 11 is 0. The molecule has 1 saturated carbocycles. The van der Waals surface area contributed by atoms with Crippen LogP contribution < -0.4 is 5.73 Å². The molecule has 0 radical (unpaired) electrons. The Morgan fingerprint density at radius 2 is 2.17 bits per heavy atom. The Bertz CT molecular complexity index is 462. The zero-order chi connectivity index (χ0) is 13.4. The molecule has 0 bridgehead atoms. The lowest BCUT2D eigenvalue weighted by Gasteiger charge is -2.21. The zero-order valence-electron chi connectivity index (χ0n) is 11.1. The van der Waals surface area contributed by atoms with Gasteiger partial charge in [-0.2, -0.15) is 0 Å². The van der Waals surface area contributed by atoms with Crippen LogP contribution in [0.15, 0.2) is 12.3 Å². The predicted octanol–water partition coefficient (Wildman–Crippen LogP) is 1.82. The average molecular weight is 249 g/mol. The van der Waals surface area contributed by atoms with Crippen LogP contribution >= 0.6 is 0 Å². The maximum atomic E-state index is 11.9. The highest BCUT2D eigenvalue weighted by atomic mass is 16.6. The van der Waals surface area contributed by atoms with Crippen LogP contribution in [0.1, 0.15) is 45.9 Å². The van der Waals surface area contributed by atoms with Crippen molar-refractivity contribution < 1.29 is 9.53 Å². The summed E-state index contributed by atoms with van der Waals surface area (Å²) in [6.07, 6.45) is 3.78. The monoisotopic (exact) mass is 249 g/mol. The summed E-state index contributed by atoms with van der Waals surface area (Å²) in [5.41, 5.74) is 4.94.